The smallest absolute Gasteiger partial charge is 0.303 e. The Balaban J connectivity index is 1.93. The van der Waals surface area contributed by atoms with Crippen molar-refractivity contribution in [1.29, 1.82) is 0 Å². The molecule has 0 heterocycles. The van der Waals surface area contributed by atoms with Gasteiger partial charge in [0.25, 0.3) is 0 Å². The van der Waals surface area contributed by atoms with E-state index in [1.807, 2.05) is 32.0 Å². The summed E-state index contributed by atoms with van der Waals surface area (Å²) in [6, 6.07) is 9.20. The Morgan fingerprint density at radius 3 is 2.31 bits per heavy atom. The summed E-state index contributed by atoms with van der Waals surface area (Å²) in [5, 5.41) is 9.55. The van der Waals surface area contributed by atoms with Gasteiger partial charge in [-0.2, -0.15) is 0 Å². The van der Waals surface area contributed by atoms with Crippen LogP contribution in [0.3, 0.4) is 0 Å². The first-order valence-electron chi connectivity index (χ1n) is 8.31. The summed E-state index contributed by atoms with van der Waals surface area (Å²) in [5.74, 6) is 1.09. The third-order valence-corrected chi connectivity index (χ3v) is 4.47. The molecule has 0 aliphatic heterocycles. The SMILES string of the molecule is COc1ccc(CCC(=O)O)cc1OCCOc1cc(C)c(Cl)c(C)c1. The number of ether oxygens (including phenoxy) is 3. The van der Waals surface area contributed by atoms with E-state index in [9.17, 15) is 4.79 Å². The Bertz CT molecular complexity index is 750. The second-order valence-corrected chi connectivity index (χ2v) is 6.32. The van der Waals surface area contributed by atoms with E-state index in [1.54, 1.807) is 19.2 Å². The average Bonchev–Trinajstić information content (AvgIpc) is 2.61. The van der Waals surface area contributed by atoms with Crippen molar-refractivity contribution in [3.05, 3.63) is 52.0 Å². The van der Waals surface area contributed by atoms with E-state index in [0.29, 0.717) is 31.1 Å². The summed E-state index contributed by atoms with van der Waals surface area (Å²) >= 11 is 6.15. The fourth-order valence-corrected chi connectivity index (χ4v) is 2.65. The van der Waals surface area contributed by atoms with Gasteiger partial charge in [0.05, 0.1) is 7.11 Å². The van der Waals surface area contributed by atoms with Gasteiger partial charge in [0.1, 0.15) is 19.0 Å². The van der Waals surface area contributed by atoms with Crippen molar-refractivity contribution in [2.45, 2.75) is 26.7 Å². The number of carbonyl (C=O) groups is 1. The molecular weight excluding hydrogens is 356 g/mol. The van der Waals surface area contributed by atoms with Gasteiger partial charge in [-0.05, 0) is 61.2 Å². The number of hydrogen-bond donors (Lipinski definition) is 1. The van der Waals surface area contributed by atoms with Gasteiger partial charge >= 0.3 is 5.97 Å². The molecule has 2 aromatic rings. The van der Waals surface area contributed by atoms with E-state index in [0.717, 1.165) is 27.5 Å². The molecule has 0 spiro atoms. The second kappa shape index (κ2) is 9.34. The molecule has 0 unspecified atom stereocenters. The molecule has 140 valence electrons. The maximum absolute atomic E-state index is 10.7. The van der Waals surface area contributed by atoms with Crippen LogP contribution in [0.25, 0.3) is 0 Å². The topological polar surface area (TPSA) is 65.0 Å². The lowest BCUT2D eigenvalue weighted by Gasteiger charge is -2.13. The number of aliphatic carboxylic acids is 1. The summed E-state index contributed by atoms with van der Waals surface area (Å²) in [6.45, 7) is 4.57. The molecule has 0 saturated carbocycles. The summed E-state index contributed by atoms with van der Waals surface area (Å²) in [5.41, 5.74) is 2.82. The highest BCUT2D eigenvalue weighted by Gasteiger charge is 2.08. The van der Waals surface area contributed by atoms with Gasteiger partial charge in [0.2, 0.25) is 0 Å². The average molecular weight is 379 g/mol. The van der Waals surface area contributed by atoms with E-state index in [-0.39, 0.29) is 6.42 Å². The molecule has 0 atom stereocenters. The summed E-state index contributed by atoms with van der Waals surface area (Å²) in [6.07, 6.45) is 0.514. The minimum Gasteiger partial charge on any atom is -0.493 e. The van der Waals surface area contributed by atoms with Gasteiger partial charge in [-0.25, -0.2) is 0 Å². The Kier molecular flexibility index (Phi) is 7.16. The fourth-order valence-electron chi connectivity index (χ4n) is 2.54. The van der Waals surface area contributed by atoms with Crippen molar-refractivity contribution >= 4 is 17.6 Å². The fraction of sp³-hybridized carbons (Fsp3) is 0.350. The maximum Gasteiger partial charge on any atom is 0.303 e. The van der Waals surface area contributed by atoms with E-state index in [4.69, 9.17) is 30.9 Å². The molecule has 0 bridgehead atoms. The first kappa shape index (κ1) is 19.9. The lowest BCUT2D eigenvalue weighted by Crippen LogP contribution is -2.10. The van der Waals surface area contributed by atoms with Gasteiger partial charge in [0, 0.05) is 11.4 Å². The molecule has 26 heavy (non-hydrogen) atoms. The van der Waals surface area contributed by atoms with Crippen LogP contribution in [0.15, 0.2) is 30.3 Å². The highest BCUT2D eigenvalue weighted by atomic mass is 35.5. The van der Waals surface area contributed by atoms with E-state index in [2.05, 4.69) is 0 Å². The first-order valence-corrected chi connectivity index (χ1v) is 8.69. The predicted molar refractivity (Wildman–Crippen MR) is 101 cm³/mol. The molecule has 2 aromatic carbocycles. The van der Waals surface area contributed by atoms with Gasteiger partial charge in [-0.15, -0.1) is 0 Å². The number of carboxylic acid groups (broad SMARTS) is 1. The van der Waals surface area contributed by atoms with Crippen LogP contribution in [-0.2, 0) is 11.2 Å². The first-order chi connectivity index (χ1) is 12.4. The number of aryl methyl sites for hydroxylation is 3. The van der Waals surface area contributed by atoms with Crippen molar-refractivity contribution < 1.29 is 24.1 Å². The number of halogens is 1. The molecule has 0 radical (unpaired) electrons. The Hall–Kier alpha value is -2.40. The number of carboxylic acids is 1. The number of rotatable bonds is 9. The lowest BCUT2D eigenvalue weighted by molar-refractivity contribution is -0.136. The molecule has 0 aromatic heterocycles. The summed E-state index contributed by atoms with van der Waals surface area (Å²) in [7, 11) is 1.56. The molecule has 6 heteroatoms. The summed E-state index contributed by atoms with van der Waals surface area (Å²) in [4.78, 5) is 10.7. The minimum atomic E-state index is -0.828. The van der Waals surface area contributed by atoms with Crippen LogP contribution in [0.1, 0.15) is 23.1 Å². The summed E-state index contributed by atoms with van der Waals surface area (Å²) < 4.78 is 16.8. The molecule has 0 saturated heterocycles. The molecule has 0 amide bonds. The Labute approximate surface area is 158 Å². The molecule has 0 fully saturated rings. The zero-order chi connectivity index (χ0) is 19.1. The van der Waals surface area contributed by atoms with Crippen LogP contribution in [0.2, 0.25) is 5.02 Å². The van der Waals surface area contributed by atoms with Crippen LogP contribution in [0, 0.1) is 13.8 Å². The minimum absolute atomic E-state index is 0.0736. The number of hydrogen-bond acceptors (Lipinski definition) is 4. The molecule has 1 N–H and O–H groups in total. The van der Waals surface area contributed by atoms with Gasteiger partial charge in [-0.3, -0.25) is 4.79 Å². The highest BCUT2D eigenvalue weighted by molar-refractivity contribution is 6.32. The predicted octanol–water partition coefficient (Wildman–Crippen LogP) is 4.44. The standard InChI is InChI=1S/C20H23ClO5/c1-13-10-16(11-14(2)20(13)21)25-8-9-26-18-12-15(5-7-19(22)23)4-6-17(18)24-3/h4,6,10-12H,5,7-9H2,1-3H3,(H,22,23). The normalized spacial score (nSPS) is 10.5. The van der Waals surface area contributed by atoms with Crippen LogP contribution in [0.4, 0.5) is 0 Å². The van der Waals surface area contributed by atoms with Crippen LogP contribution >= 0.6 is 11.6 Å². The molecular formula is C20H23ClO5. The van der Waals surface area contributed by atoms with Crippen molar-refractivity contribution in [1.82, 2.24) is 0 Å². The maximum atomic E-state index is 10.7. The van der Waals surface area contributed by atoms with E-state index in [1.165, 1.54) is 0 Å². The van der Waals surface area contributed by atoms with Crippen molar-refractivity contribution in [3.8, 4) is 17.2 Å². The zero-order valence-corrected chi connectivity index (χ0v) is 15.9. The molecule has 5 nitrogen and oxygen atoms in total. The quantitative estimate of drug-likeness (QED) is 0.653. The van der Waals surface area contributed by atoms with Crippen molar-refractivity contribution in [2.24, 2.45) is 0 Å². The largest absolute Gasteiger partial charge is 0.493 e. The molecule has 0 aliphatic rings. The molecule has 0 aliphatic carbocycles. The van der Waals surface area contributed by atoms with Gasteiger partial charge in [0.15, 0.2) is 11.5 Å². The number of benzene rings is 2. The monoisotopic (exact) mass is 378 g/mol. The number of methoxy groups -OCH3 is 1. The Morgan fingerprint density at radius 1 is 1.04 bits per heavy atom. The van der Waals surface area contributed by atoms with Crippen molar-refractivity contribution in [3.63, 3.8) is 0 Å². The van der Waals surface area contributed by atoms with Crippen LogP contribution in [0.5, 0.6) is 17.2 Å². The third-order valence-electron chi connectivity index (χ3n) is 3.88. The van der Waals surface area contributed by atoms with Crippen molar-refractivity contribution in [2.75, 3.05) is 20.3 Å². The Morgan fingerprint density at radius 2 is 1.69 bits per heavy atom. The van der Waals surface area contributed by atoms with Crippen LogP contribution < -0.4 is 14.2 Å². The second-order valence-electron chi connectivity index (χ2n) is 5.95. The van der Waals surface area contributed by atoms with E-state index >= 15 is 0 Å². The zero-order valence-electron chi connectivity index (χ0n) is 15.2. The van der Waals surface area contributed by atoms with Gasteiger partial charge in [-0.1, -0.05) is 17.7 Å². The lowest BCUT2D eigenvalue weighted by atomic mass is 10.1. The van der Waals surface area contributed by atoms with Gasteiger partial charge < -0.3 is 19.3 Å². The van der Waals surface area contributed by atoms with E-state index < -0.39 is 5.97 Å². The molecule has 2 rings (SSSR count). The third kappa shape index (κ3) is 5.56. The van der Waals surface area contributed by atoms with Crippen LogP contribution in [-0.4, -0.2) is 31.4 Å². The highest BCUT2D eigenvalue weighted by Crippen LogP contribution is 2.29.